The first-order chi connectivity index (χ1) is 16.6. The van der Waals surface area contributed by atoms with Gasteiger partial charge in [-0.05, 0) is 29.8 Å². The van der Waals surface area contributed by atoms with Crippen LogP contribution in [0.15, 0.2) is 71.1 Å². The lowest BCUT2D eigenvalue weighted by atomic mass is 10.1. The SMILES string of the molecule is O=C(Nc1ccccc1-c1nc2c(CN3CCNCC3)cccc2o1)c1cccc([N+](=O)[O-])c1. The summed E-state index contributed by atoms with van der Waals surface area (Å²) in [4.78, 5) is 30.5. The third kappa shape index (κ3) is 4.52. The van der Waals surface area contributed by atoms with E-state index < -0.39 is 10.8 Å². The van der Waals surface area contributed by atoms with E-state index in [2.05, 4.69) is 21.6 Å². The molecule has 1 amide bonds. The molecule has 9 nitrogen and oxygen atoms in total. The number of carbonyl (C=O) groups is 1. The first kappa shape index (κ1) is 21.7. The monoisotopic (exact) mass is 457 g/mol. The van der Waals surface area contributed by atoms with Gasteiger partial charge < -0.3 is 15.1 Å². The molecular weight excluding hydrogens is 434 g/mol. The summed E-state index contributed by atoms with van der Waals surface area (Å²) in [6, 6.07) is 18.7. The Morgan fingerprint density at radius 2 is 1.88 bits per heavy atom. The molecule has 0 unspecified atom stereocenters. The minimum absolute atomic E-state index is 0.142. The number of fused-ring (bicyclic) bond motifs is 1. The van der Waals surface area contributed by atoms with Gasteiger partial charge in [0.2, 0.25) is 5.89 Å². The topological polar surface area (TPSA) is 114 Å². The van der Waals surface area contributed by atoms with E-state index >= 15 is 0 Å². The van der Waals surface area contributed by atoms with Gasteiger partial charge in [0, 0.05) is 50.4 Å². The molecule has 0 aliphatic carbocycles. The average Bonchev–Trinajstić information content (AvgIpc) is 3.30. The molecule has 5 rings (SSSR count). The Labute approximate surface area is 195 Å². The fraction of sp³-hybridized carbons (Fsp3) is 0.200. The number of carbonyl (C=O) groups excluding carboxylic acids is 1. The number of para-hydroxylation sites is 2. The molecule has 0 radical (unpaired) electrons. The summed E-state index contributed by atoms with van der Waals surface area (Å²) in [5.74, 6) is -0.0515. The Morgan fingerprint density at radius 3 is 2.71 bits per heavy atom. The largest absolute Gasteiger partial charge is 0.436 e. The van der Waals surface area contributed by atoms with E-state index in [0.29, 0.717) is 22.7 Å². The first-order valence-electron chi connectivity index (χ1n) is 11.1. The van der Waals surface area contributed by atoms with E-state index in [4.69, 9.17) is 9.40 Å². The molecule has 0 saturated carbocycles. The molecule has 34 heavy (non-hydrogen) atoms. The summed E-state index contributed by atoms with van der Waals surface area (Å²) >= 11 is 0. The Hall–Kier alpha value is -4.08. The van der Waals surface area contributed by atoms with Crippen molar-refractivity contribution in [3.05, 3.63) is 88.0 Å². The van der Waals surface area contributed by atoms with Crippen molar-refractivity contribution in [2.45, 2.75) is 6.54 Å². The Balaban J connectivity index is 1.44. The molecule has 0 bridgehead atoms. The first-order valence-corrected chi connectivity index (χ1v) is 11.1. The standard InChI is InChI=1S/C25H23N5O4/c31-24(17-5-3-7-19(15-17)30(32)33)27-21-9-2-1-8-20(21)25-28-23-18(6-4-10-22(23)34-25)16-29-13-11-26-12-14-29/h1-10,15,26H,11-14,16H2,(H,27,31). The fourth-order valence-electron chi connectivity index (χ4n) is 4.09. The number of nitrogens with zero attached hydrogens (tertiary/aromatic N) is 3. The van der Waals surface area contributed by atoms with Crippen molar-refractivity contribution in [2.75, 3.05) is 31.5 Å². The van der Waals surface area contributed by atoms with Gasteiger partial charge in [0.1, 0.15) is 5.52 Å². The summed E-state index contributed by atoms with van der Waals surface area (Å²) in [5, 5.41) is 17.3. The highest BCUT2D eigenvalue weighted by atomic mass is 16.6. The van der Waals surface area contributed by atoms with Crippen LogP contribution in [0, 0.1) is 10.1 Å². The quantitative estimate of drug-likeness (QED) is 0.332. The lowest BCUT2D eigenvalue weighted by molar-refractivity contribution is -0.384. The van der Waals surface area contributed by atoms with Gasteiger partial charge in [-0.25, -0.2) is 4.98 Å². The van der Waals surface area contributed by atoms with Gasteiger partial charge in [-0.2, -0.15) is 0 Å². The number of piperazine rings is 1. The van der Waals surface area contributed by atoms with Crippen LogP contribution in [0.2, 0.25) is 0 Å². The molecule has 2 N–H and O–H groups in total. The molecule has 2 heterocycles. The van der Waals surface area contributed by atoms with Gasteiger partial charge in [-0.1, -0.05) is 30.3 Å². The summed E-state index contributed by atoms with van der Waals surface area (Å²) in [7, 11) is 0. The van der Waals surface area contributed by atoms with E-state index in [0.717, 1.165) is 43.8 Å². The molecule has 172 valence electrons. The molecule has 1 saturated heterocycles. The molecule has 9 heteroatoms. The van der Waals surface area contributed by atoms with Crippen molar-refractivity contribution in [3.63, 3.8) is 0 Å². The van der Waals surface area contributed by atoms with E-state index in [-0.39, 0.29) is 11.3 Å². The number of benzene rings is 3. The Bertz CT molecular complexity index is 1360. The second-order valence-corrected chi connectivity index (χ2v) is 8.12. The van der Waals surface area contributed by atoms with Crippen molar-refractivity contribution < 1.29 is 14.1 Å². The van der Waals surface area contributed by atoms with Gasteiger partial charge in [-0.15, -0.1) is 0 Å². The molecule has 0 atom stereocenters. The van der Waals surface area contributed by atoms with Crippen molar-refractivity contribution in [1.82, 2.24) is 15.2 Å². The van der Waals surface area contributed by atoms with Crippen LogP contribution in [-0.4, -0.2) is 46.9 Å². The molecule has 1 aromatic heterocycles. The average molecular weight is 457 g/mol. The number of oxazole rings is 1. The van der Waals surface area contributed by atoms with E-state index in [1.54, 1.807) is 12.1 Å². The van der Waals surface area contributed by atoms with Gasteiger partial charge in [0.25, 0.3) is 11.6 Å². The molecule has 3 aromatic carbocycles. The van der Waals surface area contributed by atoms with Crippen LogP contribution >= 0.6 is 0 Å². The van der Waals surface area contributed by atoms with Crippen molar-refractivity contribution in [1.29, 1.82) is 0 Å². The van der Waals surface area contributed by atoms with Crippen molar-refractivity contribution >= 4 is 28.4 Å². The zero-order valence-corrected chi connectivity index (χ0v) is 18.4. The van der Waals surface area contributed by atoms with Crippen LogP contribution in [0.4, 0.5) is 11.4 Å². The number of anilines is 1. The van der Waals surface area contributed by atoms with Crippen molar-refractivity contribution in [2.24, 2.45) is 0 Å². The molecule has 1 aliphatic heterocycles. The summed E-state index contributed by atoms with van der Waals surface area (Å²) < 4.78 is 6.08. The van der Waals surface area contributed by atoms with Crippen LogP contribution in [0.25, 0.3) is 22.6 Å². The zero-order chi connectivity index (χ0) is 23.5. The van der Waals surface area contributed by atoms with Gasteiger partial charge in [0.05, 0.1) is 16.2 Å². The number of amides is 1. The fourth-order valence-corrected chi connectivity index (χ4v) is 4.09. The van der Waals surface area contributed by atoms with Crippen LogP contribution < -0.4 is 10.6 Å². The normalized spacial score (nSPS) is 14.2. The maximum atomic E-state index is 12.8. The number of hydrogen-bond donors (Lipinski definition) is 2. The third-order valence-corrected chi connectivity index (χ3v) is 5.83. The van der Waals surface area contributed by atoms with E-state index in [1.807, 2.05) is 24.3 Å². The highest BCUT2D eigenvalue weighted by molar-refractivity contribution is 6.06. The minimum atomic E-state index is -0.527. The second kappa shape index (κ2) is 9.42. The second-order valence-electron chi connectivity index (χ2n) is 8.12. The van der Waals surface area contributed by atoms with E-state index in [1.165, 1.54) is 24.3 Å². The van der Waals surface area contributed by atoms with Crippen LogP contribution in [-0.2, 0) is 6.54 Å². The van der Waals surface area contributed by atoms with Gasteiger partial charge in [-0.3, -0.25) is 19.8 Å². The maximum absolute atomic E-state index is 12.8. The predicted octanol–water partition coefficient (Wildman–Crippen LogP) is 4.06. The highest BCUT2D eigenvalue weighted by Gasteiger charge is 2.19. The van der Waals surface area contributed by atoms with Crippen LogP contribution in [0.3, 0.4) is 0 Å². The number of rotatable bonds is 6. The van der Waals surface area contributed by atoms with Crippen LogP contribution in [0.1, 0.15) is 15.9 Å². The molecule has 0 spiro atoms. The van der Waals surface area contributed by atoms with Crippen LogP contribution in [0.5, 0.6) is 0 Å². The van der Waals surface area contributed by atoms with Gasteiger partial charge >= 0.3 is 0 Å². The predicted molar refractivity (Wildman–Crippen MR) is 129 cm³/mol. The molecular formula is C25H23N5O4. The number of non-ortho nitro benzene ring substituents is 1. The highest BCUT2D eigenvalue weighted by Crippen LogP contribution is 2.32. The smallest absolute Gasteiger partial charge is 0.270 e. The molecule has 4 aromatic rings. The molecule has 1 aliphatic rings. The lowest BCUT2D eigenvalue weighted by Crippen LogP contribution is -2.42. The summed E-state index contributed by atoms with van der Waals surface area (Å²) in [6.07, 6.45) is 0. The zero-order valence-electron chi connectivity index (χ0n) is 18.4. The molecule has 1 fully saturated rings. The third-order valence-electron chi connectivity index (χ3n) is 5.83. The maximum Gasteiger partial charge on any atom is 0.270 e. The Kier molecular flexibility index (Phi) is 6.03. The number of hydrogen-bond acceptors (Lipinski definition) is 7. The summed E-state index contributed by atoms with van der Waals surface area (Å²) in [5.41, 5.74) is 3.77. The lowest BCUT2D eigenvalue weighted by Gasteiger charge is -2.27. The van der Waals surface area contributed by atoms with Gasteiger partial charge in [0.15, 0.2) is 5.58 Å². The van der Waals surface area contributed by atoms with E-state index in [9.17, 15) is 14.9 Å². The summed E-state index contributed by atoms with van der Waals surface area (Å²) in [6.45, 7) is 4.69. The number of nitro benzene ring substituents is 1. The number of nitro groups is 1. The van der Waals surface area contributed by atoms with Crippen molar-refractivity contribution in [3.8, 4) is 11.5 Å². The minimum Gasteiger partial charge on any atom is -0.436 e. The number of nitrogens with one attached hydrogen (secondary N) is 2. The number of aromatic nitrogens is 1. The Morgan fingerprint density at radius 1 is 1.09 bits per heavy atom.